The second kappa shape index (κ2) is 10.2. The van der Waals surface area contributed by atoms with Crippen LogP contribution < -0.4 is 15.5 Å². The summed E-state index contributed by atoms with van der Waals surface area (Å²) >= 11 is 0. The van der Waals surface area contributed by atoms with E-state index < -0.39 is 17.8 Å². The molecule has 2 heterocycles. The van der Waals surface area contributed by atoms with Crippen molar-refractivity contribution in [3.8, 4) is 11.8 Å². The number of halogens is 3. The molecule has 1 fully saturated rings. The minimum Gasteiger partial charge on any atom is -0.354 e. The van der Waals surface area contributed by atoms with Gasteiger partial charge in [0.1, 0.15) is 5.82 Å². The van der Waals surface area contributed by atoms with Gasteiger partial charge in [-0.3, -0.25) is 0 Å². The van der Waals surface area contributed by atoms with Crippen LogP contribution in [0.5, 0.6) is 0 Å². The molecule has 3 rings (SSSR count). The van der Waals surface area contributed by atoms with Crippen LogP contribution in [0.4, 0.5) is 23.8 Å². The predicted molar refractivity (Wildman–Crippen MR) is 113 cm³/mol. The third-order valence-electron chi connectivity index (χ3n) is 4.85. The quantitative estimate of drug-likeness (QED) is 0.731. The van der Waals surface area contributed by atoms with Crippen LogP contribution >= 0.6 is 0 Å². The molecule has 0 spiro atoms. The van der Waals surface area contributed by atoms with E-state index in [0.717, 1.165) is 49.7 Å². The summed E-state index contributed by atoms with van der Waals surface area (Å²) in [6, 6.07) is 8.16. The smallest absolute Gasteiger partial charge is 0.354 e. The first-order chi connectivity index (χ1) is 14.8. The van der Waals surface area contributed by atoms with E-state index in [0.29, 0.717) is 6.54 Å². The monoisotopic (exact) mass is 431 g/mol. The molecule has 1 aliphatic heterocycles. The molecular formula is C22H24F3N5O. The van der Waals surface area contributed by atoms with Gasteiger partial charge < -0.3 is 20.4 Å². The number of hydrogen-bond donors (Lipinski definition) is 2. The average molecular weight is 431 g/mol. The van der Waals surface area contributed by atoms with Crippen molar-refractivity contribution in [3.05, 3.63) is 59.3 Å². The first kappa shape index (κ1) is 22.4. The van der Waals surface area contributed by atoms with Crippen LogP contribution in [0.1, 0.15) is 16.7 Å². The van der Waals surface area contributed by atoms with Gasteiger partial charge in [0.05, 0.1) is 12.1 Å². The van der Waals surface area contributed by atoms with Gasteiger partial charge >= 0.3 is 12.2 Å². The average Bonchev–Trinajstić information content (AvgIpc) is 2.76. The van der Waals surface area contributed by atoms with Crippen molar-refractivity contribution in [2.45, 2.75) is 12.7 Å². The fraction of sp³-hybridized carbons (Fsp3) is 0.364. The largest absolute Gasteiger partial charge is 0.416 e. The molecule has 0 aliphatic carbocycles. The SMILES string of the molecule is CN1CCN(c2cc(CNC(=O)NCC#Cc3cccc(C(F)(F)F)c3)ccn2)CC1. The summed E-state index contributed by atoms with van der Waals surface area (Å²) in [5.74, 6) is 6.17. The van der Waals surface area contributed by atoms with E-state index >= 15 is 0 Å². The van der Waals surface area contributed by atoms with Crippen molar-refractivity contribution in [1.29, 1.82) is 0 Å². The van der Waals surface area contributed by atoms with E-state index in [9.17, 15) is 18.0 Å². The Hall–Kier alpha value is -3.25. The number of carbonyl (C=O) groups excluding carboxylic acids is 1. The number of rotatable bonds is 4. The number of pyridine rings is 1. The number of carbonyl (C=O) groups is 1. The topological polar surface area (TPSA) is 60.5 Å². The molecule has 9 heteroatoms. The van der Waals surface area contributed by atoms with E-state index in [2.05, 4.69) is 44.3 Å². The Balaban J connectivity index is 1.45. The summed E-state index contributed by atoms with van der Waals surface area (Å²) < 4.78 is 38.1. The van der Waals surface area contributed by atoms with Crippen LogP contribution in [0.3, 0.4) is 0 Å². The maximum atomic E-state index is 12.7. The van der Waals surface area contributed by atoms with Gasteiger partial charge in [0.15, 0.2) is 0 Å². The van der Waals surface area contributed by atoms with Crippen molar-refractivity contribution < 1.29 is 18.0 Å². The number of amides is 2. The maximum absolute atomic E-state index is 12.7. The second-order valence-corrected chi connectivity index (χ2v) is 7.23. The highest BCUT2D eigenvalue weighted by Gasteiger charge is 2.30. The molecule has 2 N–H and O–H groups in total. The van der Waals surface area contributed by atoms with Crippen molar-refractivity contribution in [2.75, 3.05) is 44.7 Å². The van der Waals surface area contributed by atoms with Crippen LogP contribution in [0.25, 0.3) is 0 Å². The fourth-order valence-corrected chi connectivity index (χ4v) is 3.07. The summed E-state index contributed by atoms with van der Waals surface area (Å²) in [5, 5.41) is 5.32. The minimum atomic E-state index is -4.41. The summed E-state index contributed by atoms with van der Waals surface area (Å²) in [4.78, 5) is 20.9. The van der Waals surface area contributed by atoms with Gasteiger partial charge in [-0.05, 0) is 42.9 Å². The molecule has 2 amide bonds. The Kier molecular flexibility index (Phi) is 7.36. The first-order valence-electron chi connectivity index (χ1n) is 9.87. The molecule has 1 aromatic heterocycles. The highest BCUT2D eigenvalue weighted by atomic mass is 19.4. The zero-order chi connectivity index (χ0) is 22.3. The number of urea groups is 1. The molecule has 0 radical (unpaired) electrons. The lowest BCUT2D eigenvalue weighted by molar-refractivity contribution is -0.137. The molecular weight excluding hydrogens is 407 g/mol. The summed E-state index contributed by atoms with van der Waals surface area (Å²) in [6.45, 7) is 4.13. The summed E-state index contributed by atoms with van der Waals surface area (Å²) in [5.41, 5.74) is 0.415. The molecule has 1 aliphatic rings. The maximum Gasteiger partial charge on any atom is 0.416 e. The fourth-order valence-electron chi connectivity index (χ4n) is 3.07. The molecule has 2 aromatic rings. The zero-order valence-electron chi connectivity index (χ0n) is 17.2. The molecule has 1 aromatic carbocycles. The van der Waals surface area contributed by atoms with Crippen molar-refractivity contribution in [3.63, 3.8) is 0 Å². The number of nitrogens with one attached hydrogen (secondary N) is 2. The van der Waals surface area contributed by atoms with Crippen LogP contribution in [0.15, 0.2) is 42.6 Å². The second-order valence-electron chi connectivity index (χ2n) is 7.23. The Morgan fingerprint density at radius 1 is 1.13 bits per heavy atom. The van der Waals surface area contributed by atoms with Gasteiger partial charge in [0.2, 0.25) is 0 Å². The van der Waals surface area contributed by atoms with E-state index in [4.69, 9.17) is 0 Å². The Bertz CT molecular complexity index is 959. The number of benzene rings is 1. The molecule has 1 saturated heterocycles. The lowest BCUT2D eigenvalue weighted by Gasteiger charge is -2.33. The number of anilines is 1. The lowest BCUT2D eigenvalue weighted by Crippen LogP contribution is -2.44. The van der Waals surface area contributed by atoms with Crippen LogP contribution in [-0.2, 0) is 12.7 Å². The van der Waals surface area contributed by atoms with Gasteiger partial charge in [0.25, 0.3) is 0 Å². The van der Waals surface area contributed by atoms with Gasteiger partial charge in [-0.2, -0.15) is 13.2 Å². The number of alkyl halides is 3. The van der Waals surface area contributed by atoms with Gasteiger partial charge in [-0.15, -0.1) is 0 Å². The normalized spacial score (nSPS) is 14.5. The van der Waals surface area contributed by atoms with E-state index in [1.807, 2.05) is 12.1 Å². The van der Waals surface area contributed by atoms with E-state index in [-0.39, 0.29) is 12.1 Å². The molecule has 31 heavy (non-hydrogen) atoms. The highest BCUT2D eigenvalue weighted by Crippen LogP contribution is 2.29. The van der Waals surface area contributed by atoms with Gasteiger partial charge in [-0.25, -0.2) is 9.78 Å². The lowest BCUT2D eigenvalue weighted by atomic mass is 10.1. The standard InChI is InChI=1S/C22H24F3N5O/c1-29-10-12-30(13-11-29)20-15-18(7-9-26-20)16-28-21(31)27-8-3-5-17-4-2-6-19(14-17)22(23,24)25/h2,4,6-7,9,14-15H,8,10-13,16H2,1H3,(H2,27,28,31). The predicted octanol–water partition coefficient (Wildman–Crippen LogP) is 2.70. The van der Waals surface area contributed by atoms with Crippen molar-refractivity contribution >= 4 is 11.8 Å². The molecule has 164 valence electrons. The van der Waals surface area contributed by atoms with Crippen LogP contribution in [0, 0.1) is 11.8 Å². The number of aromatic nitrogens is 1. The molecule has 0 saturated carbocycles. The van der Waals surface area contributed by atoms with Crippen molar-refractivity contribution in [1.82, 2.24) is 20.5 Å². The van der Waals surface area contributed by atoms with E-state index in [1.54, 1.807) is 6.20 Å². The molecule has 6 nitrogen and oxygen atoms in total. The number of nitrogens with zero attached hydrogens (tertiary/aromatic N) is 3. The molecule has 0 unspecified atom stereocenters. The Morgan fingerprint density at radius 3 is 2.65 bits per heavy atom. The highest BCUT2D eigenvalue weighted by molar-refractivity contribution is 5.74. The van der Waals surface area contributed by atoms with Crippen molar-refractivity contribution in [2.24, 2.45) is 0 Å². The number of hydrogen-bond acceptors (Lipinski definition) is 4. The van der Waals surface area contributed by atoms with E-state index in [1.165, 1.54) is 12.1 Å². The molecule has 0 bridgehead atoms. The van der Waals surface area contributed by atoms with Crippen LogP contribution in [0.2, 0.25) is 0 Å². The van der Waals surface area contributed by atoms with Crippen LogP contribution in [-0.4, -0.2) is 55.7 Å². The number of likely N-dealkylation sites (N-methyl/N-ethyl adjacent to an activating group) is 1. The van der Waals surface area contributed by atoms with Gasteiger partial charge in [-0.1, -0.05) is 17.9 Å². The first-order valence-corrected chi connectivity index (χ1v) is 9.87. The summed E-state index contributed by atoms with van der Waals surface area (Å²) in [6.07, 6.45) is -2.68. The Morgan fingerprint density at radius 2 is 1.90 bits per heavy atom. The third kappa shape index (κ3) is 6.89. The number of piperazine rings is 1. The molecule has 0 atom stereocenters. The summed E-state index contributed by atoms with van der Waals surface area (Å²) in [7, 11) is 2.09. The zero-order valence-corrected chi connectivity index (χ0v) is 17.2. The minimum absolute atomic E-state index is 0.0188. The Labute approximate surface area is 179 Å². The third-order valence-corrected chi connectivity index (χ3v) is 4.85. The van der Waals surface area contributed by atoms with Gasteiger partial charge in [0, 0.05) is 44.5 Å².